The zero-order chi connectivity index (χ0) is 15.1. The van der Waals surface area contributed by atoms with E-state index >= 15 is 0 Å². The Morgan fingerprint density at radius 2 is 1.90 bits per heavy atom. The smallest absolute Gasteiger partial charge is 0.410 e. The number of amides is 1. The largest absolute Gasteiger partial charge is 0.447 e. The molecule has 0 radical (unpaired) electrons. The number of nitrogens with two attached hydrogens (primary N) is 1. The fraction of sp³-hybridized carbons (Fsp3) is 0.588. The lowest BCUT2D eigenvalue weighted by molar-refractivity contribution is 0.157. The highest BCUT2D eigenvalue weighted by Crippen LogP contribution is 2.19. The number of anilines is 1. The summed E-state index contributed by atoms with van der Waals surface area (Å²) in [4.78, 5) is 13.7. The Kier molecular flexibility index (Phi) is 5.90. The van der Waals surface area contributed by atoms with Crippen LogP contribution in [0.1, 0.15) is 44.6 Å². The average Bonchev–Trinajstić information content (AvgIpc) is 2.82. The average molecular weight is 290 g/mol. The molecule has 0 spiro atoms. The first-order chi connectivity index (χ1) is 10.2. The van der Waals surface area contributed by atoms with Gasteiger partial charge in [-0.15, -0.1) is 0 Å². The van der Waals surface area contributed by atoms with Gasteiger partial charge in [0, 0.05) is 12.2 Å². The van der Waals surface area contributed by atoms with Gasteiger partial charge < -0.3 is 15.4 Å². The number of benzene rings is 1. The highest BCUT2D eigenvalue weighted by Gasteiger charge is 2.32. The molecule has 21 heavy (non-hydrogen) atoms. The molecule has 1 aromatic carbocycles. The van der Waals surface area contributed by atoms with Crippen molar-refractivity contribution in [3.8, 4) is 0 Å². The Bertz CT molecular complexity index is 445. The molecular formula is C17H26N2O2. The van der Waals surface area contributed by atoms with E-state index < -0.39 is 0 Å². The van der Waals surface area contributed by atoms with Gasteiger partial charge in [0.05, 0.1) is 6.04 Å². The zero-order valence-corrected chi connectivity index (χ0v) is 12.9. The number of hydrogen-bond acceptors (Lipinski definition) is 3. The summed E-state index contributed by atoms with van der Waals surface area (Å²) in [6.07, 6.45) is 6.69. The van der Waals surface area contributed by atoms with Gasteiger partial charge in [-0.25, -0.2) is 4.79 Å². The normalized spacial score (nSPS) is 18.0. The molecule has 0 aromatic heterocycles. The molecule has 116 valence electrons. The van der Waals surface area contributed by atoms with E-state index in [9.17, 15) is 4.79 Å². The summed E-state index contributed by atoms with van der Waals surface area (Å²) < 4.78 is 5.21. The van der Waals surface area contributed by atoms with Crippen molar-refractivity contribution in [2.24, 2.45) is 0 Å². The lowest BCUT2D eigenvalue weighted by Gasteiger charge is -2.21. The molecule has 0 saturated carbocycles. The van der Waals surface area contributed by atoms with Crippen LogP contribution >= 0.6 is 0 Å². The third-order valence-corrected chi connectivity index (χ3v) is 4.03. The highest BCUT2D eigenvalue weighted by atomic mass is 16.6. The molecule has 1 atom stereocenters. The molecule has 1 saturated heterocycles. The van der Waals surface area contributed by atoms with Crippen LogP contribution in [0.25, 0.3) is 0 Å². The Balaban J connectivity index is 1.83. The summed E-state index contributed by atoms with van der Waals surface area (Å²) in [5.74, 6) is 0. The topological polar surface area (TPSA) is 55.6 Å². The number of hydrogen-bond donors (Lipinski definition) is 1. The predicted molar refractivity (Wildman–Crippen MR) is 85.2 cm³/mol. The minimum absolute atomic E-state index is 0.160. The summed E-state index contributed by atoms with van der Waals surface area (Å²) in [6.45, 7) is 3.51. The number of nitrogens with zero attached hydrogens (tertiary/aromatic N) is 1. The zero-order valence-electron chi connectivity index (χ0n) is 12.9. The quantitative estimate of drug-likeness (QED) is 0.588. The van der Waals surface area contributed by atoms with Crippen LogP contribution in [0.5, 0.6) is 0 Å². The van der Waals surface area contributed by atoms with Crippen molar-refractivity contribution in [2.75, 3.05) is 18.9 Å². The maximum absolute atomic E-state index is 11.8. The van der Waals surface area contributed by atoms with Crippen LogP contribution in [0, 0.1) is 0 Å². The van der Waals surface area contributed by atoms with Crippen LogP contribution in [-0.4, -0.2) is 30.2 Å². The fourth-order valence-electron chi connectivity index (χ4n) is 2.74. The van der Waals surface area contributed by atoms with Crippen molar-refractivity contribution in [1.29, 1.82) is 0 Å². The third-order valence-electron chi connectivity index (χ3n) is 4.03. The Morgan fingerprint density at radius 3 is 2.62 bits per heavy atom. The highest BCUT2D eigenvalue weighted by molar-refractivity contribution is 5.70. The van der Waals surface area contributed by atoms with Gasteiger partial charge in [0.15, 0.2) is 0 Å². The van der Waals surface area contributed by atoms with Crippen LogP contribution < -0.4 is 5.73 Å². The number of rotatable bonds is 8. The van der Waals surface area contributed by atoms with Crippen LogP contribution in [0.4, 0.5) is 10.5 Å². The first kappa shape index (κ1) is 15.7. The number of ether oxygens (including phenoxy) is 1. The van der Waals surface area contributed by atoms with Gasteiger partial charge in [0.2, 0.25) is 0 Å². The molecule has 4 heteroatoms. The molecule has 4 nitrogen and oxygen atoms in total. The van der Waals surface area contributed by atoms with Gasteiger partial charge >= 0.3 is 6.09 Å². The molecule has 0 aliphatic carbocycles. The second kappa shape index (κ2) is 7.91. The minimum Gasteiger partial charge on any atom is -0.447 e. The summed E-state index contributed by atoms with van der Waals surface area (Å²) in [6, 6.07) is 8.02. The molecule has 1 heterocycles. The van der Waals surface area contributed by atoms with E-state index in [0.29, 0.717) is 6.61 Å². The van der Waals surface area contributed by atoms with Crippen molar-refractivity contribution in [3.05, 3.63) is 29.8 Å². The molecule has 1 aliphatic heterocycles. The van der Waals surface area contributed by atoms with Crippen molar-refractivity contribution >= 4 is 11.8 Å². The van der Waals surface area contributed by atoms with Gasteiger partial charge in [-0.1, -0.05) is 44.7 Å². The standard InChI is InChI=1S/C17H26N2O2/c1-2-3-4-5-6-11-19-16(13-21-17(19)20)12-14-7-9-15(18)10-8-14/h7-10,16H,2-6,11-13,18H2,1H3/t16-/m1/s1. The fourth-order valence-corrected chi connectivity index (χ4v) is 2.74. The van der Waals surface area contributed by atoms with Crippen LogP contribution in [0.15, 0.2) is 24.3 Å². The van der Waals surface area contributed by atoms with Crippen LogP contribution in [-0.2, 0) is 11.2 Å². The molecule has 0 bridgehead atoms. The molecule has 0 unspecified atom stereocenters. The van der Waals surface area contributed by atoms with E-state index in [0.717, 1.165) is 25.1 Å². The molecule has 2 rings (SSSR count). The van der Waals surface area contributed by atoms with E-state index in [1.54, 1.807) is 0 Å². The van der Waals surface area contributed by atoms with Gasteiger partial charge in [-0.3, -0.25) is 0 Å². The Hall–Kier alpha value is -1.71. The summed E-state index contributed by atoms with van der Waals surface area (Å²) >= 11 is 0. The third kappa shape index (κ3) is 4.66. The summed E-state index contributed by atoms with van der Waals surface area (Å²) in [7, 11) is 0. The monoisotopic (exact) mass is 290 g/mol. The van der Waals surface area contributed by atoms with Crippen molar-refractivity contribution in [3.63, 3.8) is 0 Å². The van der Waals surface area contributed by atoms with Crippen molar-refractivity contribution in [2.45, 2.75) is 51.5 Å². The first-order valence-corrected chi connectivity index (χ1v) is 7.98. The van der Waals surface area contributed by atoms with Gasteiger partial charge in [-0.2, -0.15) is 0 Å². The molecule has 2 N–H and O–H groups in total. The van der Waals surface area contributed by atoms with Crippen molar-refractivity contribution < 1.29 is 9.53 Å². The van der Waals surface area contributed by atoms with Crippen LogP contribution in [0.3, 0.4) is 0 Å². The lowest BCUT2D eigenvalue weighted by Crippen LogP contribution is -2.35. The minimum atomic E-state index is -0.161. The summed E-state index contributed by atoms with van der Waals surface area (Å²) in [5.41, 5.74) is 7.67. The van der Waals surface area contributed by atoms with Gasteiger partial charge in [0.25, 0.3) is 0 Å². The number of carbonyl (C=O) groups excluding carboxylic acids is 1. The number of cyclic esters (lactones) is 1. The number of unbranched alkanes of at least 4 members (excludes halogenated alkanes) is 4. The first-order valence-electron chi connectivity index (χ1n) is 7.98. The maximum Gasteiger partial charge on any atom is 0.410 e. The molecule has 1 aromatic rings. The second-order valence-electron chi connectivity index (χ2n) is 5.78. The van der Waals surface area contributed by atoms with E-state index in [1.165, 1.54) is 31.2 Å². The van der Waals surface area contributed by atoms with E-state index in [4.69, 9.17) is 10.5 Å². The van der Waals surface area contributed by atoms with E-state index in [1.807, 2.05) is 29.2 Å². The van der Waals surface area contributed by atoms with Crippen LogP contribution in [0.2, 0.25) is 0 Å². The SMILES string of the molecule is CCCCCCCN1C(=O)OC[C@H]1Cc1ccc(N)cc1. The Labute approximate surface area is 127 Å². The van der Waals surface area contributed by atoms with Crippen molar-refractivity contribution in [1.82, 2.24) is 4.90 Å². The Morgan fingerprint density at radius 1 is 1.19 bits per heavy atom. The number of nitrogen functional groups attached to an aromatic ring is 1. The molecule has 1 fully saturated rings. The van der Waals surface area contributed by atoms with Gasteiger partial charge in [0.1, 0.15) is 6.61 Å². The van der Waals surface area contributed by atoms with E-state index in [-0.39, 0.29) is 12.1 Å². The predicted octanol–water partition coefficient (Wildman–Crippen LogP) is 3.60. The number of carbonyl (C=O) groups is 1. The van der Waals surface area contributed by atoms with Gasteiger partial charge in [-0.05, 0) is 30.5 Å². The molecule has 1 amide bonds. The van der Waals surface area contributed by atoms with E-state index in [2.05, 4.69) is 6.92 Å². The molecular weight excluding hydrogens is 264 g/mol. The maximum atomic E-state index is 11.8. The lowest BCUT2D eigenvalue weighted by atomic mass is 10.0. The molecule has 1 aliphatic rings. The summed E-state index contributed by atoms with van der Waals surface area (Å²) in [5, 5.41) is 0. The second-order valence-corrected chi connectivity index (χ2v) is 5.78.